The van der Waals surface area contributed by atoms with E-state index in [-0.39, 0.29) is 33.1 Å². The van der Waals surface area contributed by atoms with Gasteiger partial charge < -0.3 is 15.4 Å². The number of nitrogens with one attached hydrogen (secondary N) is 2. The summed E-state index contributed by atoms with van der Waals surface area (Å²) in [5, 5.41) is 10.6. The molecular formula is C24H23ClN4O5S. The molecule has 9 nitrogen and oxygen atoms in total. The zero-order valence-corrected chi connectivity index (χ0v) is 20.3. The van der Waals surface area contributed by atoms with E-state index in [0.29, 0.717) is 17.9 Å². The minimum absolute atomic E-state index is 0.0418. The highest BCUT2D eigenvalue weighted by atomic mass is 35.5. The van der Waals surface area contributed by atoms with Crippen LogP contribution in [0.2, 0.25) is 5.02 Å². The number of pyridine rings is 1. The summed E-state index contributed by atoms with van der Waals surface area (Å²) in [7, 11) is -2.52. The van der Waals surface area contributed by atoms with E-state index in [4.69, 9.17) is 21.5 Å². The zero-order valence-electron chi connectivity index (χ0n) is 18.7. The van der Waals surface area contributed by atoms with E-state index in [1.54, 1.807) is 12.1 Å². The van der Waals surface area contributed by atoms with Gasteiger partial charge in [-0.3, -0.25) is 14.6 Å². The lowest BCUT2D eigenvalue weighted by Gasteiger charge is -2.26. The molecule has 2 aromatic carbocycles. The average molecular weight is 515 g/mol. The number of nitrogens with zero attached hydrogens (tertiary/aromatic N) is 1. The van der Waals surface area contributed by atoms with Gasteiger partial charge in [-0.2, -0.15) is 0 Å². The molecule has 0 saturated carbocycles. The number of nitrogens with two attached hydrogens (primary N) is 1. The number of halogens is 1. The maximum Gasteiger partial charge on any atom is 0.269 e. The van der Waals surface area contributed by atoms with Crippen LogP contribution in [0.5, 0.6) is 11.5 Å². The first-order chi connectivity index (χ1) is 16.6. The molecule has 1 atom stereocenters. The molecule has 1 aromatic heterocycles. The fraction of sp³-hybridized carbons (Fsp3) is 0.208. The standard InChI is InChI=1S/C24H23ClN4O5S/c1-27-24(31)21-13-19(8-9-28-21)34-18-6-3-14-2-5-17(10-16(14)11-18)29-23(30)15-4-7-20(25)22(12-15)35(26,32)33/h3-4,6-9,11-13,17H,2,5,10H2,1H3,(H,27,31)(H,29,30)(H2,26,32,33). The Morgan fingerprint density at radius 2 is 1.83 bits per heavy atom. The Morgan fingerprint density at radius 1 is 1.06 bits per heavy atom. The predicted octanol–water partition coefficient (Wildman–Crippen LogP) is 2.82. The maximum absolute atomic E-state index is 12.8. The van der Waals surface area contributed by atoms with Crippen molar-refractivity contribution in [2.45, 2.75) is 30.2 Å². The maximum atomic E-state index is 12.8. The number of aromatic nitrogens is 1. The van der Waals surface area contributed by atoms with Crippen LogP contribution in [0.25, 0.3) is 0 Å². The summed E-state index contributed by atoms with van der Waals surface area (Å²) in [5.41, 5.74) is 2.59. The van der Waals surface area contributed by atoms with Gasteiger partial charge in [-0.1, -0.05) is 17.7 Å². The zero-order chi connectivity index (χ0) is 25.2. The lowest BCUT2D eigenvalue weighted by molar-refractivity contribution is 0.0931. The fourth-order valence-corrected chi connectivity index (χ4v) is 4.99. The lowest BCUT2D eigenvalue weighted by atomic mass is 9.88. The molecular weight excluding hydrogens is 492 g/mol. The predicted molar refractivity (Wildman–Crippen MR) is 130 cm³/mol. The van der Waals surface area contributed by atoms with Crippen molar-refractivity contribution >= 4 is 33.4 Å². The Labute approximate surface area is 207 Å². The number of fused-ring (bicyclic) bond motifs is 1. The van der Waals surface area contributed by atoms with Crippen LogP contribution in [0.1, 0.15) is 38.4 Å². The van der Waals surface area contributed by atoms with Gasteiger partial charge in [0.2, 0.25) is 10.0 Å². The second-order valence-electron chi connectivity index (χ2n) is 8.09. The molecule has 0 aliphatic heterocycles. The minimum atomic E-state index is -4.05. The van der Waals surface area contributed by atoms with Crippen LogP contribution in [0.15, 0.2) is 59.6 Å². The van der Waals surface area contributed by atoms with Crippen molar-refractivity contribution in [1.82, 2.24) is 15.6 Å². The normalized spacial score (nSPS) is 15.1. The Morgan fingerprint density at radius 3 is 2.57 bits per heavy atom. The first-order valence-corrected chi connectivity index (χ1v) is 12.7. The van der Waals surface area contributed by atoms with E-state index >= 15 is 0 Å². The second-order valence-corrected chi connectivity index (χ2v) is 10.0. The Bertz CT molecular complexity index is 1410. The van der Waals surface area contributed by atoms with Gasteiger partial charge in [0.05, 0.1) is 5.02 Å². The lowest BCUT2D eigenvalue weighted by Crippen LogP contribution is -2.38. The van der Waals surface area contributed by atoms with Crippen molar-refractivity contribution in [1.29, 1.82) is 0 Å². The summed E-state index contributed by atoms with van der Waals surface area (Å²) in [4.78, 5) is 28.3. The number of benzene rings is 2. The van der Waals surface area contributed by atoms with Crippen LogP contribution < -0.4 is 20.5 Å². The quantitative estimate of drug-likeness (QED) is 0.462. The number of sulfonamides is 1. The molecule has 1 heterocycles. The van der Waals surface area contributed by atoms with Crippen LogP contribution in [-0.4, -0.2) is 38.3 Å². The summed E-state index contributed by atoms with van der Waals surface area (Å²) in [6.45, 7) is 0. The largest absolute Gasteiger partial charge is 0.457 e. The number of carbonyl (C=O) groups is 2. The van der Waals surface area contributed by atoms with Crippen molar-refractivity contribution < 1.29 is 22.7 Å². The first-order valence-electron chi connectivity index (χ1n) is 10.7. The Balaban J connectivity index is 1.47. The molecule has 11 heteroatoms. The number of hydrogen-bond acceptors (Lipinski definition) is 6. The van der Waals surface area contributed by atoms with Crippen LogP contribution in [0.3, 0.4) is 0 Å². The Kier molecular flexibility index (Phi) is 7.06. The number of carbonyl (C=O) groups excluding carboxylic acids is 2. The van der Waals surface area contributed by atoms with Gasteiger partial charge in [0.1, 0.15) is 22.1 Å². The van der Waals surface area contributed by atoms with Gasteiger partial charge in [-0.05, 0) is 66.8 Å². The monoisotopic (exact) mass is 514 g/mol. The van der Waals surface area contributed by atoms with Gasteiger partial charge in [-0.25, -0.2) is 13.6 Å². The molecule has 182 valence electrons. The van der Waals surface area contributed by atoms with Crippen molar-refractivity contribution in [2.24, 2.45) is 5.14 Å². The highest BCUT2D eigenvalue weighted by Gasteiger charge is 2.23. The van der Waals surface area contributed by atoms with E-state index in [1.165, 1.54) is 31.4 Å². The van der Waals surface area contributed by atoms with Gasteiger partial charge in [-0.15, -0.1) is 0 Å². The average Bonchev–Trinajstić information content (AvgIpc) is 2.83. The molecule has 4 rings (SSSR count). The highest BCUT2D eigenvalue weighted by Crippen LogP contribution is 2.29. The number of amides is 2. The fourth-order valence-electron chi connectivity index (χ4n) is 3.91. The van der Waals surface area contributed by atoms with Gasteiger partial charge in [0.15, 0.2) is 0 Å². The van der Waals surface area contributed by atoms with Crippen molar-refractivity contribution in [2.75, 3.05) is 7.05 Å². The second kappa shape index (κ2) is 10.0. The van der Waals surface area contributed by atoms with E-state index in [0.717, 1.165) is 24.0 Å². The van der Waals surface area contributed by atoms with Crippen molar-refractivity contribution in [3.05, 3.63) is 82.1 Å². The number of primary sulfonamides is 1. The molecule has 2 amide bonds. The van der Waals surface area contributed by atoms with Crippen LogP contribution in [0, 0.1) is 0 Å². The topological polar surface area (TPSA) is 140 Å². The Hall–Kier alpha value is -3.47. The van der Waals surface area contributed by atoms with Gasteiger partial charge in [0.25, 0.3) is 11.8 Å². The number of aryl methyl sites for hydroxylation is 1. The molecule has 4 N–H and O–H groups in total. The molecule has 0 fully saturated rings. The summed E-state index contributed by atoms with van der Waals surface area (Å²) in [6, 6.07) is 12.8. The molecule has 0 saturated heterocycles. The van der Waals surface area contributed by atoms with Gasteiger partial charge >= 0.3 is 0 Å². The third-order valence-corrected chi connectivity index (χ3v) is 7.06. The van der Waals surface area contributed by atoms with E-state index in [9.17, 15) is 18.0 Å². The molecule has 35 heavy (non-hydrogen) atoms. The number of rotatable bonds is 6. The number of ether oxygens (including phenoxy) is 1. The molecule has 3 aromatic rings. The molecule has 0 bridgehead atoms. The van der Waals surface area contributed by atoms with Gasteiger partial charge in [0, 0.05) is 30.9 Å². The van der Waals surface area contributed by atoms with Crippen molar-refractivity contribution in [3.63, 3.8) is 0 Å². The third-order valence-electron chi connectivity index (χ3n) is 5.67. The molecule has 1 aliphatic rings. The summed E-state index contributed by atoms with van der Waals surface area (Å²) in [5.74, 6) is 0.357. The highest BCUT2D eigenvalue weighted by molar-refractivity contribution is 7.89. The van der Waals surface area contributed by atoms with E-state index < -0.39 is 15.9 Å². The molecule has 1 unspecified atom stereocenters. The van der Waals surface area contributed by atoms with E-state index in [2.05, 4.69) is 15.6 Å². The minimum Gasteiger partial charge on any atom is -0.457 e. The third kappa shape index (κ3) is 5.79. The van der Waals surface area contributed by atoms with E-state index in [1.807, 2.05) is 18.2 Å². The van der Waals surface area contributed by atoms with Crippen LogP contribution >= 0.6 is 11.6 Å². The molecule has 0 radical (unpaired) electrons. The van der Waals surface area contributed by atoms with Crippen molar-refractivity contribution in [3.8, 4) is 11.5 Å². The smallest absolute Gasteiger partial charge is 0.269 e. The van der Waals surface area contributed by atoms with Crippen LogP contribution in [-0.2, 0) is 22.9 Å². The first kappa shape index (κ1) is 24.6. The molecule has 0 spiro atoms. The number of hydrogen-bond donors (Lipinski definition) is 3. The van der Waals surface area contributed by atoms with Crippen LogP contribution in [0.4, 0.5) is 0 Å². The summed E-state index contributed by atoms with van der Waals surface area (Å²) < 4.78 is 29.4. The summed E-state index contributed by atoms with van der Waals surface area (Å²) in [6.07, 6.45) is 3.57. The molecule has 1 aliphatic carbocycles. The summed E-state index contributed by atoms with van der Waals surface area (Å²) >= 11 is 5.91. The SMILES string of the molecule is CNC(=O)c1cc(Oc2ccc3c(c2)CC(NC(=O)c2ccc(Cl)c(S(N)(=O)=O)c2)CC3)ccn1.